The summed E-state index contributed by atoms with van der Waals surface area (Å²) < 4.78 is 10.5. The number of nitrogens with zero attached hydrogens (tertiary/aromatic N) is 1. The summed E-state index contributed by atoms with van der Waals surface area (Å²) in [6.07, 6.45) is -1.91. The minimum absolute atomic E-state index is 0.0576. The SMILES string of the molecule is O=C(CNC(=O)OCC(Cl)(Cl)Cl)Oc1csc(NC(=O)OCC(Cl)(Cl)Cl)n1. The Morgan fingerprint density at radius 2 is 1.56 bits per heavy atom. The molecule has 0 atom stereocenters. The van der Waals surface area contributed by atoms with Gasteiger partial charge < -0.3 is 19.5 Å². The van der Waals surface area contributed by atoms with Crippen LogP contribution < -0.4 is 15.4 Å². The predicted octanol–water partition coefficient (Wildman–Crippen LogP) is 4.06. The summed E-state index contributed by atoms with van der Waals surface area (Å²) in [7, 11) is 0. The Bertz CT molecular complexity index is 676. The number of carbonyl (C=O) groups is 3. The maximum Gasteiger partial charge on any atom is 0.413 e. The van der Waals surface area contributed by atoms with Crippen LogP contribution in [0, 0.1) is 0 Å². The summed E-state index contributed by atoms with van der Waals surface area (Å²) in [6, 6.07) is 0. The fourth-order valence-electron chi connectivity index (χ4n) is 1.13. The van der Waals surface area contributed by atoms with Crippen LogP contribution in [0.2, 0.25) is 0 Å². The number of alkyl carbamates (subject to hydrolysis) is 1. The number of alkyl halides is 6. The highest BCUT2D eigenvalue weighted by Gasteiger charge is 2.23. The van der Waals surface area contributed by atoms with Crippen molar-refractivity contribution in [3.8, 4) is 5.88 Å². The predicted molar refractivity (Wildman–Crippen MR) is 103 cm³/mol. The number of aromatic nitrogens is 1. The maximum atomic E-state index is 11.6. The number of anilines is 1. The van der Waals surface area contributed by atoms with Gasteiger partial charge in [0.1, 0.15) is 19.8 Å². The van der Waals surface area contributed by atoms with Crippen LogP contribution in [-0.2, 0) is 14.3 Å². The van der Waals surface area contributed by atoms with Gasteiger partial charge in [0.15, 0.2) is 5.13 Å². The third-order valence-corrected chi connectivity index (χ3v) is 3.41. The van der Waals surface area contributed by atoms with Crippen molar-refractivity contribution in [1.82, 2.24) is 10.3 Å². The molecule has 9 nitrogen and oxygen atoms in total. The molecule has 0 aliphatic carbocycles. The van der Waals surface area contributed by atoms with E-state index in [1.54, 1.807) is 0 Å². The van der Waals surface area contributed by atoms with Crippen molar-refractivity contribution in [1.29, 1.82) is 0 Å². The first kappa shape index (κ1) is 24.4. The van der Waals surface area contributed by atoms with Crippen LogP contribution >= 0.6 is 80.9 Å². The van der Waals surface area contributed by atoms with Gasteiger partial charge in [0.2, 0.25) is 13.5 Å². The van der Waals surface area contributed by atoms with Gasteiger partial charge in [-0.2, -0.15) is 4.98 Å². The molecule has 152 valence electrons. The third-order valence-electron chi connectivity index (χ3n) is 2.02. The monoisotopic (exact) mass is 521 g/mol. The first-order chi connectivity index (χ1) is 12.3. The molecule has 0 radical (unpaired) electrons. The fraction of sp³-hybridized carbons (Fsp3) is 0.455. The number of hydrogen-bond donors (Lipinski definition) is 2. The van der Waals surface area contributed by atoms with E-state index in [9.17, 15) is 14.4 Å². The number of rotatable bonds is 6. The van der Waals surface area contributed by atoms with Crippen LogP contribution in [0.15, 0.2) is 5.38 Å². The van der Waals surface area contributed by atoms with E-state index < -0.39 is 45.5 Å². The fourth-order valence-corrected chi connectivity index (χ4v) is 2.06. The van der Waals surface area contributed by atoms with Crippen LogP contribution in [0.3, 0.4) is 0 Å². The number of esters is 1. The van der Waals surface area contributed by atoms with Crippen LogP contribution in [0.4, 0.5) is 14.7 Å². The van der Waals surface area contributed by atoms with Gasteiger partial charge in [-0.05, 0) is 0 Å². The van der Waals surface area contributed by atoms with Crippen LogP contribution in [-0.4, -0.2) is 50.5 Å². The Labute approximate surface area is 186 Å². The number of hydrogen-bond acceptors (Lipinski definition) is 8. The highest BCUT2D eigenvalue weighted by atomic mass is 35.6. The molecule has 2 N–H and O–H groups in total. The van der Waals surface area contributed by atoms with Crippen LogP contribution in [0.1, 0.15) is 0 Å². The minimum Gasteiger partial charge on any atom is -0.445 e. The van der Waals surface area contributed by atoms with Crippen molar-refractivity contribution in [2.75, 3.05) is 25.1 Å². The van der Waals surface area contributed by atoms with Crippen molar-refractivity contribution in [2.24, 2.45) is 0 Å². The second-order valence-electron chi connectivity index (χ2n) is 4.33. The molecule has 0 spiro atoms. The third kappa shape index (κ3) is 12.5. The molecule has 16 heteroatoms. The number of thiazole rings is 1. The number of halogens is 6. The Morgan fingerprint density at radius 3 is 2.11 bits per heavy atom. The average molecular weight is 524 g/mol. The van der Waals surface area contributed by atoms with Gasteiger partial charge in [-0.15, -0.1) is 11.3 Å². The number of nitrogens with one attached hydrogen (secondary N) is 2. The van der Waals surface area contributed by atoms with Crippen molar-refractivity contribution < 1.29 is 28.6 Å². The van der Waals surface area contributed by atoms with E-state index in [2.05, 4.69) is 25.1 Å². The molecule has 1 aromatic heterocycles. The summed E-state index contributed by atoms with van der Waals surface area (Å²) in [4.78, 5) is 38.1. The molecule has 0 aromatic carbocycles. The van der Waals surface area contributed by atoms with Crippen molar-refractivity contribution in [3.63, 3.8) is 0 Å². The second-order valence-corrected chi connectivity index (χ2v) is 10.2. The molecule has 1 heterocycles. The highest BCUT2D eigenvalue weighted by molar-refractivity contribution is 7.14. The highest BCUT2D eigenvalue weighted by Crippen LogP contribution is 2.27. The lowest BCUT2D eigenvalue weighted by Crippen LogP contribution is -2.34. The van der Waals surface area contributed by atoms with E-state index in [0.29, 0.717) is 0 Å². The zero-order valence-corrected chi connectivity index (χ0v) is 18.1. The zero-order chi connectivity index (χ0) is 20.7. The molecule has 0 bridgehead atoms. The Hall–Kier alpha value is -0.620. The lowest BCUT2D eigenvalue weighted by Gasteiger charge is -2.11. The van der Waals surface area contributed by atoms with Crippen LogP contribution in [0.5, 0.6) is 5.88 Å². The molecule has 0 saturated carbocycles. The van der Waals surface area contributed by atoms with E-state index in [1.165, 1.54) is 5.38 Å². The Kier molecular flexibility index (Phi) is 9.76. The lowest BCUT2D eigenvalue weighted by molar-refractivity contribution is -0.133. The van der Waals surface area contributed by atoms with Gasteiger partial charge in [0.25, 0.3) is 0 Å². The lowest BCUT2D eigenvalue weighted by atomic mass is 10.6. The van der Waals surface area contributed by atoms with E-state index in [1.807, 2.05) is 0 Å². The summed E-state index contributed by atoms with van der Waals surface area (Å²) >= 11 is 33.4. The normalized spacial score (nSPS) is 11.5. The number of carbonyl (C=O) groups excluding carboxylic acids is 3. The van der Waals surface area contributed by atoms with Crippen molar-refractivity contribution in [2.45, 2.75) is 7.59 Å². The van der Waals surface area contributed by atoms with Gasteiger partial charge >= 0.3 is 18.2 Å². The molecule has 27 heavy (non-hydrogen) atoms. The van der Waals surface area contributed by atoms with E-state index >= 15 is 0 Å². The first-order valence-electron chi connectivity index (χ1n) is 6.48. The van der Waals surface area contributed by atoms with E-state index in [-0.39, 0.29) is 11.0 Å². The molecular weight excluding hydrogens is 515 g/mol. The largest absolute Gasteiger partial charge is 0.445 e. The zero-order valence-electron chi connectivity index (χ0n) is 12.8. The average Bonchev–Trinajstić information content (AvgIpc) is 2.94. The molecule has 1 aromatic rings. The van der Waals surface area contributed by atoms with Gasteiger partial charge in [0.05, 0.1) is 5.38 Å². The van der Waals surface area contributed by atoms with Gasteiger partial charge in [0, 0.05) is 0 Å². The Balaban J connectivity index is 2.36. The minimum atomic E-state index is -1.78. The standard InChI is InChI=1S/C11H9Cl6N3O6S/c12-10(13,14)3-24-8(22)18-1-6(21)26-5-2-27-7(19-5)20-9(23)25-4-11(15,16)17/h2H,1,3-4H2,(H,18,22)(H,19,20,23). The molecule has 0 aliphatic heterocycles. The molecule has 0 unspecified atom stereocenters. The van der Waals surface area contributed by atoms with Gasteiger partial charge in [-0.1, -0.05) is 69.6 Å². The molecule has 0 fully saturated rings. The van der Waals surface area contributed by atoms with Crippen LogP contribution in [0.25, 0.3) is 0 Å². The summed E-state index contributed by atoms with van der Waals surface area (Å²) in [6.45, 7) is -1.52. The van der Waals surface area contributed by atoms with Crippen molar-refractivity contribution >= 4 is 104 Å². The summed E-state index contributed by atoms with van der Waals surface area (Å²) in [5.74, 6) is -0.991. The van der Waals surface area contributed by atoms with Crippen molar-refractivity contribution in [3.05, 3.63) is 5.38 Å². The molecule has 0 saturated heterocycles. The van der Waals surface area contributed by atoms with E-state index in [4.69, 9.17) is 74.3 Å². The quantitative estimate of drug-likeness (QED) is 0.426. The number of ether oxygens (including phenoxy) is 3. The molecule has 2 amide bonds. The number of amides is 2. The smallest absolute Gasteiger partial charge is 0.413 e. The topological polar surface area (TPSA) is 116 Å². The van der Waals surface area contributed by atoms with Gasteiger partial charge in [-0.3, -0.25) is 5.32 Å². The van der Waals surface area contributed by atoms with E-state index in [0.717, 1.165) is 11.3 Å². The molecule has 1 rings (SSSR count). The summed E-state index contributed by atoms with van der Waals surface area (Å²) in [5.41, 5.74) is 0. The summed E-state index contributed by atoms with van der Waals surface area (Å²) in [5, 5.41) is 5.70. The van der Waals surface area contributed by atoms with Gasteiger partial charge in [-0.25, -0.2) is 14.4 Å². The molecular formula is C11H9Cl6N3O6S. The second kappa shape index (κ2) is 10.8. The Morgan fingerprint density at radius 1 is 1.00 bits per heavy atom. The molecule has 0 aliphatic rings. The first-order valence-corrected chi connectivity index (χ1v) is 9.63. The maximum absolute atomic E-state index is 11.6.